The Labute approximate surface area is 80.3 Å². The van der Waals surface area contributed by atoms with Gasteiger partial charge in [-0.3, -0.25) is 10.00 Å². The van der Waals surface area contributed by atoms with Gasteiger partial charge >= 0.3 is 0 Å². The van der Waals surface area contributed by atoms with E-state index in [9.17, 15) is 0 Å². The molecule has 1 aromatic rings. The van der Waals surface area contributed by atoms with Gasteiger partial charge in [-0.25, -0.2) is 0 Å². The number of hydrogen-bond acceptors (Lipinski definition) is 2. The van der Waals surface area contributed by atoms with Gasteiger partial charge < -0.3 is 0 Å². The number of nitrogens with one attached hydrogen (secondary N) is 1. The van der Waals surface area contributed by atoms with Crippen molar-refractivity contribution >= 4 is 15.9 Å². The van der Waals surface area contributed by atoms with Crippen LogP contribution in [-0.4, -0.2) is 21.2 Å². The minimum atomic E-state index is 0.373. The van der Waals surface area contributed by atoms with Gasteiger partial charge in [-0.1, -0.05) is 15.9 Å². The average molecular weight is 230 g/mol. The standard InChI is InChI=1S/C8H12BrN3/c9-7-2-4-10-8(6-7)12-5-1-3-11-12/h1,3,5,7-8,10H,2,4,6H2. The predicted octanol–water partition coefficient (Wildman–Crippen LogP) is 1.53. The molecule has 12 heavy (non-hydrogen) atoms. The molecule has 0 aliphatic carbocycles. The van der Waals surface area contributed by atoms with Gasteiger partial charge in [0.25, 0.3) is 0 Å². The number of aromatic nitrogens is 2. The minimum absolute atomic E-state index is 0.373. The molecule has 2 rings (SSSR count). The fourth-order valence-electron chi connectivity index (χ4n) is 1.52. The van der Waals surface area contributed by atoms with Crippen LogP contribution in [0.1, 0.15) is 19.0 Å². The lowest BCUT2D eigenvalue weighted by Gasteiger charge is -2.27. The molecule has 0 bridgehead atoms. The highest BCUT2D eigenvalue weighted by atomic mass is 79.9. The molecule has 0 saturated carbocycles. The van der Waals surface area contributed by atoms with E-state index in [1.165, 1.54) is 6.42 Å². The van der Waals surface area contributed by atoms with Crippen molar-refractivity contribution in [2.45, 2.75) is 23.8 Å². The van der Waals surface area contributed by atoms with Crippen molar-refractivity contribution in [3.8, 4) is 0 Å². The molecule has 0 radical (unpaired) electrons. The van der Waals surface area contributed by atoms with E-state index in [1.807, 2.05) is 23.1 Å². The van der Waals surface area contributed by atoms with Crippen molar-refractivity contribution < 1.29 is 0 Å². The molecule has 2 heterocycles. The number of nitrogens with zero attached hydrogens (tertiary/aromatic N) is 2. The molecule has 0 aromatic carbocycles. The molecule has 4 heteroatoms. The molecule has 1 saturated heterocycles. The smallest absolute Gasteiger partial charge is 0.102 e. The number of hydrogen-bond donors (Lipinski definition) is 1. The Kier molecular flexibility index (Phi) is 2.46. The molecule has 66 valence electrons. The zero-order chi connectivity index (χ0) is 8.39. The summed E-state index contributed by atoms with van der Waals surface area (Å²) in [4.78, 5) is 0.632. The van der Waals surface area contributed by atoms with E-state index >= 15 is 0 Å². The van der Waals surface area contributed by atoms with Crippen molar-refractivity contribution in [2.24, 2.45) is 0 Å². The van der Waals surface area contributed by atoms with Crippen molar-refractivity contribution in [3.05, 3.63) is 18.5 Å². The lowest BCUT2D eigenvalue weighted by molar-refractivity contribution is 0.306. The molecule has 0 amide bonds. The first-order chi connectivity index (χ1) is 5.86. The van der Waals surface area contributed by atoms with Crippen LogP contribution < -0.4 is 5.32 Å². The Morgan fingerprint density at radius 1 is 1.58 bits per heavy atom. The molecular formula is C8H12BrN3. The maximum atomic E-state index is 4.21. The van der Waals surface area contributed by atoms with Crippen LogP contribution in [-0.2, 0) is 0 Å². The van der Waals surface area contributed by atoms with Crippen LogP contribution in [0.5, 0.6) is 0 Å². The summed E-state index contributed by atoms with van der Waals surface area (Å²) in [6.07, 6.45) is 6.51. The molecule has 2 atom stereocenters. The van der Waals surface area contributed by atoms with Crippen LogP contribution in [0.15, 0.2) is 18.5 Å². The van der Waals surface area contributed by atoms with Gasteiger partial charge in [0.2, 0.25) is 0 Å². The van der Waals surface area contributed by atoms with E-state index in [2.05, 4.69) is 26.3 Å². The highest BCUT2D eigenvalue weighted by Crippen LogP contribution is 2.21. The summed E-state index contributed by atoms with van der Waals surface area (Å²) in [5, 5.41) is 7.63. The summed E-state index contributed by atoms with van der Waals surface area (Å²) in [5.41, 5.74) is 0. The third-order valence-corrected chi connectivity index (χ3v) is 2.99. The Hall–Kier alpha value is -0.350. The summed E-state index contributed by atoms with van der Waals surface area (Å²) in [7, 11) is 0. The predicted molar refractivity (Wildman–Crippen MR) is 51.2 cm³/mol. The van der Waals surface area contributed by atoms with E-state index in [0.29, 0.717) is 11.0 Å². The third kappa shape index (κ3) is 1.69. The van der Waals surface area contributed by atoms with Gasteiger partial charge in [-0.2, -0.15) is 5.10 Å². The highest BCUT2D eigenvalue weighted by Gasteiger charge is 2.20. The third-order valence-electron chi connectivity index (χ3n) is 2.16. The lowest BCUT2D eigenvalue weighted by Crippen LogP contribution is -2.35. The molecule has 0 spiro atoms. The highest BCUT2D eigenvalue weighted by molar-refractivity contribution is 9.09. The van der Waals surface area contributed by atoms with Crippen LogP contribution in [0.2, 0.25) is 0 Å². The Morgan fingerprint density at radius 3 is 3.17 bits per heavy atom. The lowest BCUT2D eigenvalue weighted by atomic mass is 10.1. The first-order valence-electron chi connectivity index (χ1n) is 4.23. The fourth-order valence-corrected chi connectivity index (χ4v) is 2.10. The minimum Gasteiger partial charge on any atom is -0.296 e. The van der Waals surface area contributed by atoms with Gasteiger partial charge in [0.15, 0.2) is 0 Å². The summed E-state index contributed by atoms with van der Waals surface area (Å²) < 4.78 is 1.98. The quantitative estimate of drug-likeness (QED) is 0.741. The Morgan fingerprint density at radius 2 is 2.50 bits per heavy atom. The second-order valence-electron chi connectivity index (χ2n) is 3.08. The van der Waals surface area contributed by atoms with Crippen molar-refractivity contribution in [3.63, 3.8) is 0 Å². The van der Waals surface area contributed by atoms with Gasteiger partial charge in [0.05, 0.1) is 0 Å². The van der Waals surface area contributed by atoms with Gasteiger partial charge in [-0.15, -0.1) is 0 Å². The zero-order valence-electron chi connectivity index (χ0n) is 6.78. The second kappa shape index (κ2) is 3.58. The van der Waals surface area contributed by atoms with E-state index < -0.39 is 0 Å². The van der Waals surface area contributed by atoms with Crippen molar-refractivity contribution in [2.75, 3.05) is 6.54 Å². The van der Waals surface area contributed by atoms with E-state index in [-0.39, 0.29) is 0 Å². The van der Waals surface area contributed by atoms with Crippen LogP contribution >= 0.6 is 15.9 Å². The molecular weight excluding hydrogens is 218 g/mol. The first kappa shape index (κ1) is 8.26. The summed E-state index contributed by atoms with van der Waals surface area (Å²) in [6, 6.07) is 1.96. The van der Waals surface area contributed by atoms with Crippen LogP contribution in [0.4, 0.5) is 0 Å². The molecule has 1 N–H and O–H groups in total. The molecule has 1 aliphatic heterocycles. The van der Waals surface area contributed by atoms with Gasteiger partial charge in [0.1, 0.15) is 6.17 Å². The molecule has 3 nitrogen and oxygen atoms in total. The maximum absolute atomic E-state index is 4.21. The Balaban J connectivity index is 2.04. The molecule has 1 aromatic heterocycles. The van der Waals surface area contributed by atoms with E-state index in [0.717, 1.165) is 13.0 Å². The van der Waals surface area contributed by atoms with Crippen molar-refractivity contribution in [1.82, 2.24) is 15.1 Å². The van der Waals surface area contributed by atoms with Crippen LogP contribution in [0.3, 0.4) is 0 Å². The first-order valence-corrected chi connectivity index (χ1v) is 5.14. The maximum Gasteiger partial charge on any atom is 0.102 e. The summed E-state index contributed by atoms with van der Waals surface area (Å²) >= 11 is 3.63. The monoisotopic (exact) mass is 229 g/mol. The topological polar surface area (TPSA) is 29.9 Å². The zero-order valence-corrected chi connectivity index (χ0v) is 8.37. The van der Waals surface area contributed by atoms with E-state index in [1.54, 1.807) is 0 Å². The van der Waals surface area contributed by atoms with E-state index in [4.69, 9.17) is 0 Å². The Bertz CT molecular complexity index is 234. The molecule has 1 aliphatic rings. The number of piperidine rings is 1. The number of halogens is 1. The fraction of sp³-hybridized carbons (Fsp3) is 0.625. The average Bonchev–Trinajstić information content (AvgIpc) is 2.56. The van der Waals surface area contributed by atoms with Gasteiger partial charge in [0, 0.05) is 17.2 Å². The SMILES string of the molecule is BrC1CCNC(n2cccn2)C1. The number of alkyl halides is 1. The van der Waals surface area contributed by atoms with Crippen LogP contribution in [0.25, 0.3) is 0 Å². The summed E-state index contributed by atoms with van der Waals surface area (Å²) in [6.45, 7) is 1.07. The normalized spacial score (nSPS) is 30.4. The van der Waals surface area contributed by atoms with Crippen molar-refractivity contribution in [1.29, 1.82) is 0 Å². The second-order valence-corrected chi connectivity index (χ2v) is 4.37. The van der Waals surface area contributed by atoms with Crippen LogP contribution in [0, 0.1) is 0 Å². The summed E-state index contributed by atoms with van der Waals surface area (Å²) in [5.74, 6) is 0. The molecule has 1 fully saturated rings. The van der Waals surface area contributed by atoms with Gasteiger partial charge in [-0.05, 0) is 25.5 Å². The molecule has 2 unspecified atom stereocenters. The number of rotatable bonds is 1. The largest absolute Gasteiger partial charge is 0.296 e.